The Hall–Kier alpha value is -4.22. The lowest BCUT2D eigenvalue weighted by molar-refractivity contribution is -0.127. The molecule has 0 radical (unpaired) electrons. The van der Waals surface area contributed by atoms with Crippen LogP contribution in [0, 0.1) is 29.6 Å². The Labute approximate surface area is 219 Å². The molecule has 2 aromatic rings. The van der Waals surface area contributed by atoms with Gasteiger partial charge in [-0.2, -0.15) is 5.26 Å². The molecule has 5 heteroatoms. The van der Waals surface area contributed by atoms with Crippen molar-refractivity contribution in [1.29, 1.82) is 5.26 Å². The highest BCUT2D eigenvalue weighted by atomic mass is 16.2. The van der Waals surface area contributed by atoms with Gasteiger partial charge in [0.15, 0.2) is 0 Å². The maximum absolute atomic E-state index is 12.6. The lowest BCUT2D eigenvalue weighted by atomic mass is 9.84. The van der Waals surface area contributed by atoms with Crippen molar-refractivity contribution in [2.75, 3.05) is 13.6 Å². The van der Waals surface area contributed by atoms with Crippen LogP contribution in [0.4, 0.5) is 0 Å². The molecule has 1 aromatic carbocycles. The Morgan fingerprint density at radius 3 is 2.81 bits per heavy atom. The number of terminal acetylenes is 1. The molecule has 186 valence electrons. The first-order chi connectivity index (χ1) is 17.9. The fourth-order valence-corrected chi connectivity index (χ4v) is 5.00. The molecular formula is C32H32N4O. The molecule has 2 aliphatic rings. The third-order valence-corrected chi connectivity index (χ3v) is 6.98. The van der Waals surface area contributed by atoms with Crippen LogP contribution in [0.15, 0.2) is 71.5 Å². The zero-order valence-electron chi connectivity index (χ0n) is 21.7. The summed E-state index contributed by atoms with van der Waals surface area (Å²) in [6.45, 7) is 4.89. The highest BCUT2D eigenvalue weighted by Gasteiger charge is 2.26. The topological polar surface area (TPSA) is 69.3 Å². The number of hydrogen-bond donors (Lipinski definition) is 0. The van der Waals surface area contributed by atoms with Crippen LogP contribution < -0.4 is 0 Å². The Bertz CT molecular complexity index is 1400. The highest BCUT2D eigenvalue weighted by Crippen LogP contribution is 2.38. The summed E-state index contributed by atoms with van der Waals surface area (Å²) in [6, 6.07) is 13.9. The lowest BCUT2D eigenvalue weighted by Crippen LogP contribution is -2.19. The van der Waals surface area contributed by atoms with Gasteiger partial charge in [0.2, 0.25) is 5.91 Å². The first-order valence-electron chi connectivity index (χ1n) is 12.8. The van der Waals surface area contributed by atoms with Crippen LogP contribution in [0.5, 0.6) is 0 Å². The molecule has 2 unspecified atom stereocenters. The largest absolute Gasteiger partial charge is 0.322 e. The molecular weight excluding hydrogens is 456 g/mol. The summed E-state index contributed by atoms with van der Waals surface area (Å²) in [5, 5.41) is 9.45. The summed E-state index contributed by atoms with van der Waals surface area (Å²) in [5.41, 5.74) is 7.77. The molecule has 1 amide bonds. The fraction of sp³-hybridized carbons (Fsp3) is 0.312. The summed E-state index contributed by atoms with van der Waals surface area (Å²) >= 11 is 0. The number of nitriles is 1. The Kier molecular flexibility index (Phi) is 8.16. The number of allylic oxidation sites excluding steroid dienone is 5. The minimum absolute atomic E-state index is 0.0599. The summed E-state index contributed by atoms with van der Waals surface area (Å²) in [5.74, 6) is 2.77. The molecule has 5 nitrogen and oxygen atoms in total. The number of carbonyl (C=O) groups is 1. The molecule has 1 aliphatic carbocycles. The summed E-state index contributed by atoms with van der Waals surface area (Å²) < 4.78 is 0. The molecule has 37 heavy (non-hydrogen) atoms. The van der Waals surface area contributed by atoms with Gasteiger partial charge in [0, 0.05) is 49.6 Å². The first kappa shape index (κ1) is 25.9. The predicted molar refractivity (Wildman–Crippen MR) is 149 cm³/mol. The number of nitrogens with zero attached hydrogens (tertiary/aromatic N) is 4. The maximum Gasteiger partial charge on any atom is 0.226 e. The second-order valence-corrected chi connectivity index (χ2v) is 9.57. The van der Waals surface area contributed by atoms with Crippen molar-refractivity contribution >= 4 is 22.8 Å². The summed E-state index contributed by atoms with van der Waals surface area (Å²) in [7, 11) is 1.79. The summed E-state index contributed by atoms with van der Waals surface area (Å²) in [6.07, 6.45) is 16.8. The average molecular weight is 489 g/mol. The van der Waals surface area contributed by atoms with Gasteiger partial charge in [0.1, 0.15) is 0 Å². The number of hydrogen-bond acceptors (Lipinski definition) is 4. The average Bonchev–Trinajstić information content (AvgIpc) is 3.06. The first-order valence-corrected chi connectivity index (χ1v) is 12.8. The van der Waals surface area contributed by atoms with Crippen molar-refractivity contribution in [3.8, 4) is 18.4 Å². The van der Waals surface area contributed by atoms with Crippen LogP contribution in [-0.4, -0.2) is 35.1 Å². The Morgan fingerprint density at radius 2 is 2.05 bits per heavy atom. The minimum atomic E-state index is -0.154. The smallest absolute Gasteiger partial charge is 0.226 e. The zero-order chi connectivity index (χ0) is 26.4. The maximum atomic E-state index is 12.6. The van der Waals surface area contributed by atoms with Crippen LogP contribution in [0.25, 0.3) is 11.1 Å². The summed E-state index contributed by atoms with van der Waals surface area (Å²) in [4.78, 5) is 23.7. The van der Waals surface area contributed by atoms with Crippen molar-refractivity contribution in [2.45, 2.75) is 45.4 Å². The van der Waals surface area contributed by atoms with Gasteiger partial charge in [-0.15, -0.1) is 6.42 Å². The standard InChI is InChI=1S/C32H32N4O/c1-5-24-18-27(16-22(3)10-12-30(24)34-6-2)25-14-15-35-31(19-25)29-21-36(4)32(37)13-11-28(29)26-9-7-8-23(17-26)20-33/h1,7-9,14-19,21,24,28H,6,10-13H2,2-4H3/b22-16?,27-18+,34-30?. The van der Waals surface area contributed by atoms with Gasteiger partial charge in [-0.25, -0.2) is 0 Å². The number of aliphatic imine (C=N–C) groups is 1. The van der Waals surface area contributed by atoms with Crippen molar-refractivity contribution in [1.82, 2.24) is 9.88 Å². The van der Waals surface area contributed by atoms with E-state index in [0.717, 1.165) is 46.5 Å². The molecule has 2 atom stereocenters. The van der Waals surface area contributed by atoms with Crippen LogP contribution in [0.2, 0.25) is 0 Å². The molecule has 1 aliphatic heterocycles. The normalized spacial score (nSPS) is 22.9. The molecule has 0 bridgehead atoms. The van der Waals surface area contributed by atoms with Crippen LogP contribution >= 0.6 is 0 Å². The van der Waals surface area contributed by atoms with Crippen molar-refractivity contribution in [2.24, 2.45) is 10.9 Å². The fourth-order valence-electron chi connectivity index (χ4n) is 5.00. The number of aromatic nitrogens is 1. The van der Waals surface area contributed by atoms with Gasteiger partial charge in [-0.3, -0.25) is 14.8 Å². The van der Waals surface area contributed by atoms with Gasteiger partial charge >= 0.3 is 0 Å². The van der Waals surface area contributed by atoms with E-state index >= 15 is 0 Å². The highest BCUT2D eigenvalue weighted by molar-refractivity contribution is 5.94. The van der Waals surface area contributed by atoms with E-state index in [4.69, 9.17) is 16.4 Å². The molecule has 1 aromatic heterocycles. The van der Waals surface area contributed by atoms with Crippen molar-refractivity contribution < 1.29 is 4.79 Å². The molecule has 2 heterocycles. The number of rotatable bonds is 4. The molecule has 0 spiro atoms. The third-order valence-electron chi connectivity index (χ3n) is 6.98. The van der Waals surface area contributed by atoms with Gasteiger partial charge in [-0.05, 0) is 74.1 Å². The van der Waals surface area contributed by atoms with E-state index in [2.05, 4.69) is 37.1 Å². The van der Waals surface area contributed by atoms with Crippen molar-refractivity contribution in [3.63, 3.8) is 0 Å². The second kappa shape index (κ2) is 11.7. The molecule has 0 saturated carbocycles. The number of benzene rings is 1. The molecule has 0 saturated heterocycles. The van der Waals surface area contributed by atoms with E-state index in [1.54, 1.807) is 18.0 Å². The lowest BCUT2D eigenvalue weighted by Gasteiger charge is -2.21. The SMILES string of the molecule is C#CC1/C=C(/c2ccnc(C3=CN(C)C(=O)CCC3c3cccc(C#N)c3)c2)C=C(C)CCC1=NCC. The van der Waals surface area contributed by atoms with Crippen molar-refractivity contribution in [3.05, 3.63) is 88.9 Å². The quantitative estimate of drug-likeness (QED) is 0.484. The van der Waals surface area contributed by atoms with Crippen LogP contribution in [0.1, 0.15) is 67.8 Å². The van der Waals surface area contributed by atoms with Gasteiger partial charge < -0.3 is 4.90 Å². The minimum Gasteiger partial charge on any atom is -0.322 e. The zero-order valence-corrected chi connectivity index (χ0v) is 21.7. The monoisotopic (exact) mass is 488 g/mol. The number of amides is 1. The van der Waals surface area contributed by atoms with E-state index in [1.807, 2.05) is 43.6 Å². The third kappa shape index (κ3) is 5.96. The van der Waals surface area contributed by atoms with Crippen LogP contribution in [0.3, 0.4) is 0 Å². The number of pyridine rings is 1. The molecule has 4 rings (SSSR count). The Balaban J connectivity index is 1.82. The Morgan fingerprint density at radius 1 is 1.22 bits per heavy atom. The van der Waals surface area contributed by atoms with Gasteiger partial charge in [0.25, 0.3) is 0 Å². The van der Waals surface area contributed by atoms with Crippen LogP contribution in [-0.2, 0) is 4.79 Å². The number of carbonyl (C=O) groups excluding carboxylic acids is 1. The van der Waals surface area contributed by atoms with E-state index in [-0.39, 0.29) is 17.7 Å². The van der Waals surface area contributed by atoms with E-state index < -0.39 is 0 Å². The van der Waals surface area contributed by atoms with Gasteiger partial charge in [0.05, 0.1) is 23.2 Å². The van der Waals surface area contributed by atoms with E-state index in [9.17, 15) is 10.1 Å². The molecule has 0 fully saturated rings. The van der Waals surface area contributed by atoms with E-state index in [0.29, 0.717) is 24.9 Å². The second-order valence-electron chi connectivity index (χ2n) is 9.57. The molecule has 0 N–H and O–H groups in total. The predicted octanol–water partition coefficient (Wildman–Crippen LogP) is 6.16. The van der Waals surface area contributed by atoms with E-state index in [1.165, 1.54) is 5.57 Å². The van der Waals surface area contributed by atoms with Gasteiger partial charge in [-0.1, -0.05) is 35.8 Å².